The largest absolute Gasteiger partial charge is 0.376 e. The maximum atomic E-state index is 5.96. The fourth-order valence-electron chi connectivity index (χ4n) is 2.24. The van der Waals surface area contributed by atoms with Gasteiger partial charge in [0.2, 0.25) is 5.95 Å². The standard InChI is InChI=1S/C15H17ClN4O/c16-11-3-1-4-12(9-11)19-15-17-7-6-14(20-15)18-10-13-5-2-8-21-13/h1,3-4,6-7,9,13H,2,5,8,10H2,(H2,17,18,19,20). The highest BCUT2D eigenvalue weighted by Crippen LogP contribution is 2.19. The van der Waals surface area contributed by atoms with E-state index >= 15 is 0 Å². The van der Waals surface area contributed by atoms with Crippen molar-refractivity contribution in [3.05, 3.63) is 41.6 Å². The molecule has 2 N–H and O–H groups in total. The molecular weight excluding hydrogens is 288 g/mol. The number of rotatable bonds is 5. The Kier molecular flexibility index (Phi) is 4.52. The van der Waals surface area contributed by atoms with Crippen LogP contribution in [0.2, 0.25) is 5.02 Å². The lowest BCUT2D eigenvalue weighted by atomic mass is 10.2. The van der Waals surface area contributed by atoms with Crippen molar-refractivity contribution in [1.82, 2.24) is 9.97 Å². The molecule has 0 saturated carbocycles. The monoisotopic (exact) mass is 304 g/mol. The van der Waals surface area contributed by atoms with Crippen LogP contribution in [0.4, 0.5) is 17.5 Å². The second-order valence-electron chi connectivity index (χ2n) is 4.92. The van der Waals surface area contributed by atoms with Crippen molar-refractivity contribution >= 4 is 29.1 Å². The van der Waals surface area contributed by atoms with Crippen molar-refractivity contribution in [2.24, 2.45) is 0 Å². The molecule has 21 heavy (non-hydrogen) atoms. The summed E-state index contributed by atoms with van der Waals surface area (Å²) in [5, 5.41) is 7.09. The average molecular weight is 305 g/mol. The molecule has 6 heteroatoms. The summed E-state index contributed by atoms with van der Waals surface area (Å²) in [6.45, 7) is 1.63. The summed E-state index contributed by atoms with van der Waals surface area (Å²) in [5.41, 5.74) is 0.860. The van der Waals surface area contributed by atoms with E-state index in [0.717, 1.165) is 37.5 Å². The van der Waals surface area contributed by atoms with Crippen molar-refractivity contribution in [2.75, 3.05) is 23.8 Å². The Morgan fingerprint density at radius 3 is 3.10 bits per heavy atom. The number of halogens is 1. The molecule has 0 amide bonds. The van der Waals surface area contributed by atoms with Gasteiger partial charge in [-0.05, 0) is 37.1 Å². The molecule has 1 fully saturated rings. The number of nitrogens with one attached hydrogen (secondary N) is 2. The average Bonchev–Trinajstić information content (AvgIpc) is 2.99. The van der Waals surface area contributed by atoms with Crippen LogP contribution in [0.15, 0.2) is 36.5 Å². The summed E-state index contributed by atoms with van der Waals surface area (Å²) in [6.07, 6.45) is 4.24. The van der Waals surface area contributed by atoms with Crippen LogP contribution in [-0.2, 0) is 4.74 Å². The third-order valence-electron chi connectivity index (χ3n) is 3.27. The summed E-state index contributed by atoms with van der Waals surface area (Å²) in [6, 6.07) is 9.30. The number of ether oxygens (including phenoxy) is 1. The van der Waals surface area contributed by atoms with Gasteiger partial charge < -0.3 is 15.4 Å². The third kappa shape index (κ3) is 4.06. The number of nitrogens with zero attached hydrogens (tertiary/aromatic N) is 2. The van der Waals surface area contributed by atoms with Crippen LogP contribution >= 0.6 is 11.6 Å². The minimum absolute atomic E-state index is 0.282. The second kappa shape index (κ2) is 6.74. The van der Waals surface area contributed by atoms with Crippen LogP contribution in [0.5, 0.6) is 0 Å². The lowest BCUT2D eigenvalue weighted by Gasteiger charge is -2.12. The Labute approximate surface area is 128 Å². The van der Waals surface area contributed by atoms with Gasteiger partial charge >= 0.3 is 0 Å². The molecule has 1 aliphatic heterocycles. The number of hydrogen-bond donors (Lipinski definition) is 2. The Bertz CT molecular complexity index is 602. The minimum Gasteiger partial charge on any atom is -0.376 e. The lowest BCUT2D eigenvalue weighted by molar-refractivity contribution is 0.120. The van der Waals surface area contributed by atoms with E-state index in [-0.39, 0.29) is 6.10 Å². The van der Waals surface area contributed by atoms with Gasteiger partial charge in [-0.25, -0.2) is 4.98 Å². The predicted octanol–water partition coefficient (Wildman–Crippen LogP) is 3.46. The van der Waals surface area contributed by atoms with Crippen LogP contribution in [-0.4, -0.2) is 29.2 Å². The Balaban J connectivity index is 1.62. The molecule has 1 aromatic carbocycles. The highest BCUT2D eigenvalue weighted by Gasteiger charge is 2.15. The van der Waals surface area contributed by atoms with E-state index in [9.17, 15) is 0 Å². The van der Waals surface area contributed by atoms with Gasteiger partial charge in [-0.3, -0.25) is 0 Å². The maximum Gasteiger partial charge on any atom is 0.229 e. The van der Waals surface area contributed by atoms with Gasteiger partial charge in [0.1, 0.15) is 5.82 Å². The summed E-state index contributed by atoms with van der Waals surface area (Å²) >= 11 is 5.96. The smallest absolute Gasteiger partial charge is 0.229 e. The van der Waals surface area contributed by atoms with Crippen molar-refractivity contribution in [1.29, 1.82) is 0 Å². The highest BCUT2D eigenvalue weighted by atomic mass is 35.5. The normalized spacial score (nSPS) is 17.7. The number of anilines is 3. The van der Waals surface area contributed by atoms with E-state index in [0.29, 0.717) is 11.0 Å². The van der Waals surface area contributed by atoms with Gasteiger partial charge in [0, 0.05) is 30.1 Å². The molecule has 2 aromatic rings. The van der Waals surface area contributed by atoms with E-state index in [4.69, 9.17) is 16.3 Å². The van der Waals surface area contributed by atoms with E-state index in [2.05, 4.69) is 20.6 Å². The van der Waals surface area contributed by atoms with Crippen LogP contribution in [0, 0.1) is 0 Å². The summed E-state index contributed by atoms with van der Waals surface area (Å²) < 4.78 is 5.58. The van der Waals surface area contributed by atoms with Crippen molar-refractivity contribution < 1.29 is 4.74 Å². The van der Waals surface area contributed by atoms with Gasteiger partial charge in [0.25, 0.3) is 0 Å². The maximum absolute atomic E-state index is 5.96. The van der Waals surface area contributed by atoms with Crippen molar-refractivity contribution in [3.8, 4) is 0 Å². The molecule has 110 valence electrons. The molecule has 5 nitrogen and oxygen atoms in total. The molecule has 2 heterocycles. The number of aromatic nitrogens is 2. The second-order valence-corrected chi connectivity index (χ2v) is 5.35. The fourth-order valence-corrected chi connectivity index (χ4v) is 2.43. The van der Waals surface area contributed by atoms with Crippen LogP contribution in [0.1, 0.15) is 12.8 Å². The van der Waals surface area contributed by atoms with Crippen LogP contribution in [0.3, 0.4) is 0 Å². The highest BCUT2D eigenvalue weighted by molar-refractivity contribution is 6.30. The molecular formula is C15H17ClN4O. The molecule has 1 saturated heterocycles. The molecule has 1 unspecified atom stereocenters. The van der Waals surface area contributed by atoms with Gasteiger partial charge in [-0.2, -0.15) is 4.98 Å². The van der Waals surface area contributed by atoms with E-state index in [1.165, 1.54) is 0 Å². The number of benzene rings is 1. The SMILES string of the molecule is Clc1cccc(Nc2nccc(NCC3CCCO3)n2)c1. The van der Waals surface area contributed by atoms with Gasteiger partial charge in [-0.1, -0.05) is 17.7 Å². The first-order chi connectivity index (χ1) is 10.3. The van der Waals surface area contributed by atoms with Gasteiger partial charge in [0.05, 0.1) is 6.10 Å². The molecule has 0 aliphatic carbocycles. The molecule has 0 radical (unpaired) electrons. The molecule has 0 spiro atoms. The topological polar surface area (TPSA) is 59.1 Å². The first-order valence-corrected chi connectivity index (χ1v) is 7.38. The van der Waals surface area contributed by atoms with Gasteiger partial charge in [0.15, 0.2) is 0 Å². The van der Waals surface area contributed by atoms with Gasteiger partial charge in [-0.15, -0.1) is 0 Å². The zero-order valence-electron chi connectivity index (χ0n) is 11.6. The van der Waals surface area contributed by atoms with Crippen molar-refractivity contribution in [3.63, 3.8) is 0 Å². The van der Waals surface area contributed by atoms with E-state index in [1.54, 1.807) is 6.20 Å². The minimum atomic E-state index is 0.282. The Morgan fingerprint density at radius 1 is 1.33 bits per heavy atom. The fraction of sp³-hybridized carbons (Fsp3) is 0.333. The summed E-state index contributed by atoms with van der Waals surface area (Å²) in [7, 11) is 0. The predicted molar refractivity (Wildman–Crippen MR) is 84.2 cm³/mol. The van der Waals surface area contributed by atoms with Crippen LogP contribution < -0.4 is 10.6 Å². The first kappa shape index (κ1) is 14.1. The van der Waals surface area contributed by atoms with Crippen molar-refractivity contribution in [2.45, 2.75) is 18.9 Å². The van der Waals surface area contributed by atoms with E-state index in [1.807, 2.05) is 30.3 Å². The lowest BCUT2D eigenvalue weighted by Crippen LogP contribution is -2.19. The van der Waals surface area contributed by atoms with E-state index < -0.39 is 0 Å². The zero-order valence-corrected chi connectivity index (χ0v) is 12.3. The third-order valence-corrected chi connectivity index (χ3v) is 3.51. The molecule has 1 aromatic heterocycles. The first-order valence-electron chi connectivity index (χ1n) is 7.01. The molecule has 1 atom stereocenters. The summed E-state index contributed by atoms with van der Waals surface area (Å²) in [4.78, 5) is 8.63. The quantitative estimate of drug-likeness (QED) is 0.886. The molecule has 1 aliphatic rings. The summed E-state index contributed by atoms with van der Waals surface area (Å²) in [5.74, 6) is 1.32. The van der Waals surface area contributed by atoms with Crippen LogP contribution in [0.25, 0.3) is 0 Å². The Morgan fingerprint density at radius 2 is 2.29 bits per heavy atom. The Hall–Kier alpha value is -1.85. The zero-order chi connectivity index (χ0) is 14.5. The molecule has 0 bridgehead atoms. The molecule has 3 rings (SSSR count). The number of hydrogen-bond acceptors (Lipinski definition) is 5.